The number of rotatable bonds is 2. The first-order valence-electron chi connectivity index (χ1n) is 4.79. The van der Waals surface area contributed by atoms with Crippen molar-refractivity contribution in [1.82, 2.24) is 9.96 Å². The lowest BCUT2D eigenvalue weighted by molar-refractivity contribution is -0.173. The molecule has 0 unspecified atom stereocenters. The van der Waals surface area contributed by atoms with E-state index in [9.17, 15) is 9.59 Å². The minimum atomic E-state index is -1.19. The molecule has 1 aliphatic heterocycles. The summed E-state index contributed by atoms with van der Waals surface area (Å²) >= 11 is 0. The van der Waals surface area contributed by atoms with E-state index in [4.69, 9.17) is 14.7 Å². The molecule has 1 rings (SSSR count). The fourth-order valence-corrected chi connectivity index (χ4v) is 1.65. The quantitative estimate of drug-likeness (QED) is 0.684. The Balaban J connectivity index is 2.90. The number of hydrogen-bond donors (Lipinski definition) is 1. The van der Waals surface area contributed by atoms with E-state index in [1.165, 1.54) is 14.2 Å². The Morgan fingerprint density at radius 2 is 2.12 bits per heavy atom. The summed E-state index contributed by atoms with van der Waals surface area (Å²) < 4.78 is 5.28. The maximum Gasteiger partial charge on any atom is 0.410 e. The van der Waals surface area contributed by atoms with Crippen LogP contribution in [0.4, 0.5) is 4.79 Å². The van der Waals surface area contributed by atoms with Crippen LogP contribution in [-0.4, -0.2) is 59.6 Å². The number of hydroxylamine groups is 2. The van der Waals surface area contributed by atoms with E-state index in [0.717, 1.165) is 9.96 Å². The number of carbonyl (C=O) groups excluding carboxylic acids is 1. The van der Waals surface area contributed by atoms with Crippen LogP contribution in [0, 0.1) is 0 Å². The Bertz CT molecular complexity index is 304. The smallest absolute Gasteiger partial charge is 0.410 e. The molecule has 1 aliphatic rings. The van der Waals surface area contributed by atoms with Crippen molar-refractivity contribution in [1.29, 1.82) is 0 Å². The number of likely N-dealkylation sites (N-methyl/N-ethyl adjacent to an activating group) is 1. The molecule has 0 aliphatic carbocycles. The second-order valence-corrected chi connectivity index (χ2v) is 3.94. The molecule has 92 valence electrons. The van der Waals surface area contributed by atoms with Crippen molar-refractivity contribution in [3.8, 4) is 0 Å². The van der Waals surface area contributed by atoms with Gasteiger partial charge in [-0.3, -0.25) is 14.5 Å². The lowest BCUT2D eigenvalue weighted by Crippen LogP contribution is -2.53. The zero-order chi connectivity index (χ0) is 12.5. The summed E-state index contributed by atoms with van der Waals surface area (Å²) in [6.07, 6.45) is -1.19. The molecule has 1 heterocycles. The second-order valence-electron chi connectivity index (χ2n) is 3.94. The molecular weight excluding hydrogens is 216 g/mol. The predicted octanol–water partition coefficient (Wildman–Crippen LogP) is 0.121. The van der Waals surface area contributed by atoms with Gasteiger partial charge in [0.05, 0.1) is 13.7 Å². The van der Waals surface area contributed by atoms with Gasteiger partial charge in [-0.25, -0.2) is 9.86 Å². The topological polar surface area (TPSA) is 79.3 Å². The van der Waals surface area contributed by atoms with Crippen molar-refractivity contribution in [2.45, 2.75) is 25.6 Å². The Morgan fingerprint density at radius 1 is 1.56 bits per heavy atom. The van der Waals surface area contributed by atoms with Gasteiger partial charge in [0.15, 0.2) is 0 Å². The van der Waals surface area contributed by atoms with Crippen molar-refractivity contribution in [2.24, 2.45) is 0 Å². The van der Waals surface area contributed by atoms with Gasteiger partial charge in [-0.2, -0.15) is 0 Å². The number of nitrogens with zero attached hydrogens (tertiary/aromatic N) is 2. The van der Waals surface area contributed by atoms with Crippen molar-refractivity contribution in [3.05, 3.63) is 0 Å². The highest BCUT2D eigenvalue weighted by atomic mass is 16.7. The first kappa shape index (κ1) is 12.7. The van der Waals surface area contributed by atoms with Crippen LogP contribution in [0.25, 0.3) is 0 Å². The molecule has 1 saturated heterocycles. The molecule has 1 atom stereocenters. The third-order valence-electron chi connectivity index (χ3n) is 2.56. The van der Waals surface area contributed by atoms with Gasteiger partial charge in [0.1, 0.15) is 11.8 Å². The van der Waals surface area contributed by atoms with Gasteiger partial charge in [0.2, 0.25) is 0 Å². The van der Waals surface area contributed by atoms with Crippen LogP contribution in [-0.2, 0) is 14.4 Å². The number of ether oxygens (including phenoxy) is 1. The van der Waals surface area contributed by atoms with Crippen LogP contribution < -0.4 is 0 Å². The summed E-state index contributed by atoms with van der Waals surface area (Å²) in [6.45, 7) is 3.23. The third-order valence-corrected chi connectivity index (χ3v) is 2.56. The van der Waals surface area contributed by atoms with E-state index in [1.807, 2.05) is 0 Å². The summed E-state index contributed by atoms with van der Waals surface area (Å²) in [7, 11) is 2.76. The number of hydrogen-bond acceptors (Lipinski definition) is 4. The minimum absolute atomic E-state index is 0.0336. The van der Waals surface area contributed by atoms with Gasteiger partial charge in [-0.05, 0) is 13.8 Å². The molecular formula is C9H16N2O5. The van der Waals surface area contributed by atoms with E-state index in [-0.39, 0.29) is 6.61 Å². The summed E-state index contributed by atoms with van der Waals surface area (Å²) in [5.41, 5.74) is -0.999. The molecule has 0 aromatic carbocycles. The lowest BCUT2D eigenvalue weighted by Gasteiger charge is -2.31. The van der Waals surface area contributed by atoms with E-state index in [2.05, 4.69) is 0 Å². The SMILES string of the molecule is CON(C)C(=O)[C@H]1COC(C)(C)N1C(=O)O. The standard InChI is InChI=1S/C9H16N2O5/c1-9(2)11(8(13)14)6(5-16-9)7(12)10(3)15-4/h6H,5H2,1-4H3,(H,13,14)/t6-/m1/s1. The van der Waals surface area contributed by atoms with Crippen LogP contribution in [0.1, 0.15) is 13.8 Å². The normalized spacial score (nSPS) is 23.2. The Morgan fingerprint density at radius 3 is 2.56 bits per heavy atom. The summed E-state index contributed by atoms with van der Waals surface area (Å²) in [4.78, 5) is 28.6. The Hall–Kier alpha value is -1.34. The van der Waals surface area contributed by atoms with Gasteiger partial charge in [-0.1, -0.05) is 0 Å². The zero-order valence-corrected chi connectivity index (χ0v) is 9.76. The molecule has 0 bridgehead atoms. The molecule has 0 aromatic rings. The van der Waals surface area contributed by atoms with Crippen LogP contribution >= 0.6 is 0 Å². The van der Waals surface area contributed by atoms with Crippen LogP contribution in [0.15, 0.2) is 0 Å². The molecule has 7 heteroatoms. The minimum Gasteiger partial charge on any atom is -0.465 e. The fraction of sp³-hybridized carbons (Fsp3) is 0.778. The van der Waals surface area contributed by atoms with E-state index < -0.39 is 23.8 Å². The maximum atomic E-state index is 11.8. The Kier molecular flexibility index (Phi) is 3.39. The summed E-state index contributed by atoms with van der Waals surface area (Å²) in [5.74, 6) is -0.449. The largest absolute Gasteiger partial charge is 0.465 e. The molecule has 7 nitrogen and oxygen atoms in total. The van der Waals surface area contributed by atoms with E-state index in [1.54, 1.807) is 13.8 Å². The highest BCUT2D eigenvalue weighted by molar-refractivity contribution is 5.85. The van der Waals surface area contributed by atoms with Crippen molar-refractivity contribution in [3.63, 3.8) is 0 Å². The fourth-order valence-electron chi connectivity index (χ4n) is 1.65. The monoisotopic (exact) mass is 232 g/mol. The van der Waals surface area contributed by atoms with Gasteiger partial charge in [0.25, 0.3) is 5.91 Å². The predicted molar refractivity (Wildman–Crippen MR) is 53.5 cm³/mol. The average molecular weight is 232 g/mol. The highest BCUT2D eigenvalue weighted by Crippen LogP contribution is 2.28. The molecule has 0 spiro atoms. The van der Waals surface area contributed by atoms with Crippen molar-refractivity contribution < 1.29 is 24.3 Å². The molecule has 16 heavy (non-hydrogen) atoms. The zero-order valence-electron chi connectivity index (χ0n) is 9.76. The second kappa shape index (κ2) is 4.26. The Labute approximate surface area is 93.5 Å². The third kappa shape index (κ3) is 2.10. The van der Waals surface area contributed by atoms with Gasteiger partial charge in [-0.15, -0.1) is 0 Å². The molecule has 0 radical (unpaired) electrons. The highest BCUT2D eigenvalue weighted by Gasteiger charge is 2.48. The number of amides is 2. The number of carboxylic acid groups (broad SMARTS) is 1. The van der Waals surface area contributed by atoms with E-state index >= 15 is 0 Å². The number of carbonyl (C=O) groups is 2. The lowest BCUT2D eigenvalue weighted by atomic mass is 10.2. The molecule has 2 amide bonds. The molecule has 0 aromatic heterocycles. The van der Waals surface area contributed by atoms with Crippen LogP contribution in [0.2, 0.25) is 0 Å². The summed E-state index contributed by atoms with van der Waals surface area (Å²) in [6, 6.07) is -0.863. The van der Waals surface area contributed by atoms with Crippen molar-refractivity contribution >= 4 is 12.0 Å². The molecule has 1 N–H and O–H groups in total. The molecule has 0 saturated carbocycles. The van der Waals surface area contributed by atoms with Crippen molar-refractivity contribution in [2.75, 3.05) is 20.8 Å². The average Bonchev–Trinajstić information content (AvgIpc) is 2.51. The first-order chi connectivity index (χ1) is 7.31. The van der Waals surface area contributed by atoms with Crippen LogP contribution in [0.3, 0.4) is 0 Å². The summed E-state index contributed by atoms with van der Waals surface area (Å²) in [5, 5.41) is 10.0. The van der Waals surface area contributed by atoms with Crippen LogP contribution in [0.5, 0.6) is 0 Å². The van der Waals surface area contributed by atoms with Gasteiger partial charge >= 0.3 is 6.09 Å². The van der Waals surface area contributed by atoms with E-state index in [0.29, 0.717) is 0 Å². The van der Waals surface area contributed by atoms with Gasteiger partial charge in [0, 0.05) is 7.05 Å². The maximum absolute atomic E-state index is 11.8. The van der Waals surface area contributed by atoms with Gasteiger partial charge < -0.3 is 9.84 Å². The molecule has 1 fully saturated rings. The first-order valence-corrected chi connectivity index (χ1v) is 4.79.